The van der Waals surface area contributed by atoms with Gasteiger partial charge in [-0.25, -0.2) is 0 Å². The van der Waals surface area contributed by atoms with E-state index in [1.54, 1.807) is 7.11 Å². The number of amides is 1. The molecule has 0 aromatic rings. The molecule has 0 spiro atoms. The molecule has 2 atom stereocenters. The largest absolute Gasteiger partial charge is 0.385 e. The second kappa shape index (κ2) is 7.67. The number of methoxy groups -OCH3 is 1. The SMILES string of the molecule is CCC(C)[C@H](N)C(=O)NCC(C)(C)CCOC. The van der Waals surface area contributed by atoms with Crippen molar-refractivity contribution in [1.29, 1.82) is 0 Å². The maximum Gasteiger partial charge on any atom is 0.237 e. The van der Waals surface area contributed by atoms with Gasteiger partial charge in [-0.15, -0.1) is 0 Å². The Morgan fingerprint density at radius 1 is 1.47 bits per heavy atom. The highest BCUT2D eigenvalue weighted by molar-refractivity contribution is 5.81. The highest BCUT2D eigenvalue weighted by Crippen LogP contribution is 2.18. The van der Waals surface area contributed by atoms with Crippen LogP contribution in [0.3, 0.4) is 0 Å². The molecule has 0 bridgehead atoms. The molecule has 0 radical (unpaired) electrons. The topological polar surface area (TPSA) is 64.4 Å². The van der Waals surface area contributed by atoms with Gasteiger partial charge >= 0.3 is 0 Å². The minimum absolute atomic E-state index is 0.0425. The van der Waals surface area contributed by atoms with Gasteiger partial charge in [0.1, 0.15) is 0 Å². The van der Waals surface area contributed by atoms with E-state index >= 15 is 0 Å². The van der Waals surface area contributed by atoms with Crippen LogP contribution in [0, 0.1) is 11.3 Å². The summed E-state index contributed by atoms with van der Waals surface area (Å²) in [6.45, 7) is 9.61. The van der Waals surface area contributed by atoms with Gasteiger partial charge in [-0.3, -0.25) is 4.79 Å². The predicted molar refractivity (Wildman–Crippen MR) is 70.7 cm³/mol. The summed E-state index contributed by atoms with van der Waals surface area (Å²) in [7, 11) is 1.69. The lowest BCUT2D eigenvalue weighted by Crippen LogP contribution is -2.47. The number of rotatable bonds is 8. The standard InChI is InChI=1S/C13H28N2O2/c1-6-10(2)11(14)12(16)15-9-13(3,4)7-8-17-5/h10-11H,6-9,14H2,1-5H3,(H,15,16)/t10?,11-/m0/s1. The van der Waals surface area contributed by atoms with Gasteiger partial charge in [-0.1, -0.05) is 34.1 Å². The number of nitrogens with one attached hydrogen (secondary N) is 1. The fraction of sp³-hybridized carbons (Fsp3) is 0.923. The first-order chi connectivity index (χ1) is 7.84. The molecule has 0 aliphatic heterocycles. The quantitative estimate of drug-likeness (QED) is 0.680. The van der Waals surface area contributed by atoms with E-state index in [-0.39, 0.29) is 17.2 Å². The molecule has 0 rings (SSSR count). The van der Waals surface area contributed by atoms with Crippen LogP contribution in [0.1, 0.15) is 40.5 Å². The summed E-state index contributed by atoms with van der Waals surface area (Å²) in [6, 6.07) is -0.404. The lowest BCUT2D eigenvalue weighted by atomic mass is 9.89. The van der Waals surface area contributed by atoms with Gasteiger partial charge in [0, 0.05) is 20.3 Å². The van der Waals surface area contributed by atoms with Crippen LogP contribution in [0.25, 0.3) is 0 Å². The van der Waals surface area contributed by atoms with Gasteiger partial charge in [0.2, 0.25) is 5.91 Å². The molecule has 0 saturated carbocycles. The number of carbonyl (C=O) groups is 1. The van der Waals surface area contributed by atoms with Crippen LogP contribution in [0.4, 0.5) is 0 Å². The van der Waals surface area contributed by atoms with Crippen molar-refractivity contribution in [1.82, 2.24) is 5.32 Å². The molecule has 17 heavy (non-hydrogen) atoms. The zero-order valence-corrected chi connectivity index (χ0v) is 11.9. The monoisotopic (exact) mass is 244 g/mol. The summed E-state index contributed by atoms with van der Waals surface area (Å²) in [5, 5.41) is 2.93. The molecule has 0 fully saturated rings. The molecule has 0 saturated heterocycles. The molecule has 0 aliphatic carbocycles. The number of hydrogen-bond donors (Lipinski definition) is 2. The third-order valence-electron chi connectivity index (χ3n) is 3.28. The van der Waals surface area contributed by atoms with E-state index in [0.717, 1.165) is 12.8 Å². The second-order valence-corrected chi connectivity index (χ2v) is 5.54. The lowest BCUT2D eigenvalue weighted by Gasteiger charge is -2.26. The molecule has 0 heterocycles. The third kappa shape index (κ3) is 6.64. The Morgan fingerprint density at radius 3 is 2.53 bits per heavy atom. The van der Waals surface area contributed by atoms with Gasteiger partial charge < -0.3 is 15.8 Å². The van der Waals surface area contributed by atoms with Crippen molar-refractivity contribution >= 4 is 5.91 Å². The van der Waals surface area contributed by atoms with Crippen molar-refractivity contribution in [3.8, 4) is 0 Å². The van der Waals surface area contributed by atoms with Crippen LogP contribution < -0.4 is 11.1 Å². The van der Waals surface area contributed by atoms with Crippen molar-refractivity contribution in [2.45, 2.75) is 46.6 Å². The summed E-state index contributed by atoms with van der Waals surface area (Å²) < 4.78 is 5.05. The average Bonchev–Trinajstić information content (AvgIpc) is 2.31. The first-order valence-corrected chi connectivity index (χ1v) is 6.36. The van der Waals surface area contributed by atoms with Gasteiger partial charge in [-0.05, 0) is 17.8 Å². The first kappa shape index (κ1) is 16.4. The van der Waals surface area contributed by atoms with Gasteiger partial charge in [0.15, 0.2) is 0 Å². The smallest absolute Gasteiger partial charge is 0.237 e. The van der Waals surface area contributed by atoms with Crippen LogP contribution in [0.5, 0.6) is 0 Å². The number of ether oxygens (including phenoxy) is 1. The van der Waals surface area contributed by atoms with Crippen molar-refractivity contribution < 1.29 is 9.53 Å². The Hall–Kier alpha value is -0.610. The van der Waals surface area contributed by atoms with Gasteiger partial charge in [0.25, 0.3) is 0 Å². The Bertz CT molecular complexity index is 229. The molecule has 3 N–H and O–H groups in total. The Balaban J connectivity index is 4.05. The van der Waals surface area contributed by atoms with Gasteiger partial charge in [-0.2, -0.15) is 0 Å². The number of hydrogen-bond acceptors (Lipinski definition) is 3. The molecule has 1 amide bonds. The van der Waals surface area contributed by atoms with Crippen LogP contribution in [0.2, 0.25) is 0 Å². The molecular formula is C13H28N2O2. The molecule has 1 unspecified atom stereocenters. The number of nitrogens with two attached hydrogens (primary N) is 1. The Morgan fingerprint density at radius 2 is 2.06 bits per heavy atom. The van der Waals surface area contributed by atoms with Crippen LogP contribution >= 0.6 is 0 Å². The molecule has 4 heteroatoms. The highest BCUT2D eigenvalue weighted by Gasteiger charge is 2.23. The van der Waals surface area contributed by atoms with Crippen LogP contribution in [-0.4, -0.2) is 32.2 Å². The summed E-state index contributed by atoms with van der Waals surface area (Å²) in [4.78, 5) is 11.8. The zero-order chi connectivity index (χ0) is 13.5. The lowest BCUT2D eigenvalue weighted by molar-refractivity contribution is -0.123. The first-order valence-electron chi connectivity index (χ1n) is 6.36. The highest BCUT2D eigenvalue weighted by atomic mass is 16.5. The normalized spacial score (nSPS) is 15.4. The molecule has 0 aromatic carbocycles. The summed E-state index contributed by atoms with van der Waals surface area (Å²) >= 11 is 0. The van der Waals surface area contributed by atoms with E-state index < -0.39 is 6.04 Å². The third-order valence-corrected chi connectivity index (χ3v) is 3.28. The fourth-order valence-electron chi connectivity index (χ4n) is 1.42. The van der Waals surface area contributed by atoms with Crippen LogP contribution in [0.15, 0.2) is 0 Å². The average molecular weight is 244 g/mol. The Kier molecular flexibility index (Phi) is 7.39. The van der Waals surface area contributed by atoms with E-state index in [0.29, 0.717) is 13.2 Å². The van der Waals surface area contributed by atoms with E-state index in [2.05, 4.69) is 19.2 Å². The minimum Gasteiger partial charge on any atom is -0.385 e. The zero-order valence-electron chi connectivity index (χ0n) is 11.9. The van der Waals surface area contributed by atoms with E-state index in [1.807, 2.05) is 13.8 Å². The predicted octanol–water partition coefficient (Wildman–Crippen LogP) is 1.54. The summed E-state index contributed by atoms with van der Waals surface area (Å²) in [6.07, 6.45) is 1.84. The van der Waals surface area contributed by atoms with E-state index in [1.165, 1.54) is 0 Å². The molecule has 102 valence electrons. The van der Waals surface area contributed by atoms with Crippen molar-refractivity contribution in [3.63, 3.8) is 0 Å². The fourth-order valence-corrected chi connectivity index (χ4v) is 1.42. The summed E-state index contributed by atoms with van der Waals surface area (Å²) in [5.41, 5.74) is 5.91. The minimum atomic E-state index is -0.404. The maximum absolute atomic E-state index is 11.8. The van der Waals surface area contributed by atoms with E-state index in [9.17, 15) is 4.79 Å². The molecule has 4 nitrogen and oxygen atoms in total. The van der Waals surface area contributed by atoms with Crippen molar-refractivity contribution in [2.75, 3.05) is 20.3 Å². The van der Waals surface area contributed by atoms with E-state index in [4.69, 9.17) is 10.5 Å². The van der Waals surface area contributed by atoms with Crippen LogP contribution in [-0.2, 0) is 9.53 Å². The molecular weight excluding hydrogens is 216 g/mol. The van der Waals surface area contributed by atoms with Crippen molar-refractivity contribution in [2.24, 2.45) is 17.1 Å². The van der Waals surface area contributed by atoms with Gasteiger partial charge in [0.05, 0.1) is 6.04 Å². The second-order valence-electron chi connectivity index (χ2n) is 5.54. The number of carbonyl (C=O) groups excluding carboxylic acids is 1. The molecule has 0 aliphatic rings. The van der Waals surface area contributed by atoms with Crippen molar-refractivity contribution in [3.05, 3.63) is 0 Å². The molecule has 0 aromatic heterocycles. The Labute approximate surface area is 105 Å². The summed E-state index contributed by atoms with van der Waals surface area (Å²) in [5.74, 6) is 0.168. The maximum atomic E-state index is 11.8.